The SMILES string of the molecule is Nc1ccc(CC(=O)N2CC3CCC2C3)nc1. The molecule has 4 heteroatoms. The van der Waals surface area contributed by atoms with E-state index in [9.17, 15) is 4.79 Å². The van der Waals surface area contributed by atoms with Crippen LogP contribution in [0, 0.1) is 5.92 Å². The topological polar surface area (TPSA) is 59.2 Å². The van der Waals surface area contributed by atoms with Crippen molar-refractivity contribution in [2.24, 2.45) is 5.92 Å². The Morgan fingerprint density at radius 1 is 1.47 bits per heavy atom. The van der Waals surface area contributed by atoms with Gasteiger partial charge >= 0.3 is 0 Å². The molecular weight excluding hydrogens is 214 g/mol. The zero-order valence-corrected chi connectivity index (χ0v) is 9.80. The third kappa shape index (κ3) is 1.99. The van der Waals surface area contributed by atoms with Gasteiger partial charge in [0, 0.05) is 18.3 Å². The number of carbonyl (C=O) groups excluding carboxylic acids is 1. The van der Waals surface area contributed by atoms with Gasteiger partial charge in [-0.2, -0.15) is 0 Å². The van der Waals surface area contributed by atoms with Crippen molar-refractivity contribution in [2.75, 3.05) is 12.3 Å². The number of hydrogen-bond acceptors (Lipinski definition) is 3. The van der Waals surface area contributed by atoms with E-state index in [0.29, 0.717) is 18.2 Å². The van der Waals surface area contributed by atoms with Crippen molar-refractivity contribution in [2.45, 2.75) is 31.7 Å². The number of aromatic nitrogens is 1. The van der Waals surface area contributed by atoms with Gasteiger partial charge in [0.15, 0.2) is 0 Å². The monoisotopic (exact) mass is 231 g/mol. The second-order valence-electron chi connectivity index (χ2n) is 5.14. The van der Waals surface area contributed by atoms with Crippen LogP contribution in [0.25, 0.3) is 0 Å². The first-order valence-corrected chi connectivity index (χ1v) is 6.22. The molecule has 1 aliphatic carbocycles. The minimum absolute atomic E-state index is 0.217. The molecule has 3 rings (SSSR count). The van der Waals surface area contributed by atoms with E-state index in [1.807, 2.05) is 11.0 Å². The van der Waals surface area contributed by atoms with Gasteiger partial charge in [-0.25, -0.2) is 0 Å². The molecule has 2 aliphatic rings. The van der Waals surface area contributed by atoms with Crippen molar-refractivity contribution in [1.82, 2.24) is 9.88 Å². The lowest BCUT2D eigenvalue weighted by molar-refractivity contribution is -0.132. The summed E-state index contributed by atoms with van der Waals surface area (Å²) in [6, 6.07) is 4.13. The Kier molecular flexibility index (Phi) is 2.50. The average molecular weight is 231 g/mol. The summed E-state index contributed by atoms with van der Waals surface area (Å²) in [5.41, 5.74) is 7.02. The fourth-order valence-electron chi connectivity index (χ4n) is 3.03. The summed E-state index contributed by atoms with van der Waals surface area (Å²) < 4.78 is 0. The molecule has 4 nitrogen and oxygen atoms in total. The van der Waals surface area contributed by atoms with E-state index in [2.05, 4.69) is 4.98 Å². The molecule has 1 saturated heterocycles. The molecule has 17 heavy (non-hydrogen) atoms. The molecule has 2 bridgehead atoms. The van der Waals surface area contributed by atoms with Crippen molar-refractivity contribution >= 4 is 11.6 Å². The van der Waals surface area contributed by atoms with Gasteiger partial charge in [-0.3, -0.25) is 9.78 Å². The molecule has 0 radical (unpaired) electrons. The summed E-state index contributed by atoms with van der Waals surface area (Å²) in [6.45, 7) is 0.957. The maximum absolute atomic E-state index is 12.1. The number of fused-ring (bicyclic) bond motifs is 2. The zero-order chi connectivity index (χ0) is 11.8. The number of hydrogen-bond donors (Lipinski definition) is 1. The van der Waals surface area contributed by atoms with Crippen LogP contribution in [0.2, 0.25) is 0 Å². The minimum Gasteiger partial charge on any atom is -0.397 e. The number of pyridine rings is 1. The summed E-state index contributed by atoms with van der Waals surface area (Å²) in [5, 5.41) is 0. The Morgan fingerprint density at radius 2 is 2.35 bits per heavy atom. The van der Waals surface area contributed by atoms with Crippen LogP contribution in [0.3, 0.4) is 0 Å². The number of amides is 1. The molecule has 0 spiro atoms. The smallest absolute Gasteiger partial charge is 0.228 e. The number of rotatable bonds is 2. The van der Waals surface area contributed by atoms with E-state index in [4.69, 9.17) is 5.73 Å². The van der Waals surface area contributed by atoms with Crippen LogP contribution in [-0.4, -0.2) is 28.4 Å². The molecule has 1 aromatic heterocycles. The van der Waals surface area contributed by atoms with E-state index < -0.39 is 0 Å². The Balaban J connectivity index is 1.65. The summed E-state index contributed by atoms with van der Waals surface area (Å²) in [7, 11) is 0. The van der Waals surface area contributed by atoms with Crippen LogP contribution in [0.1, 0.15) is 25.0 Å². The number of nitrogens with two attached hydrogens (primary N) is 1. The highest BCUT2D eigenvalue weighted by molar-refractivity contribution is 5.79. The number of anilines is 1. The number of carbonyl (C=O) groups is 1. The summed E-state index contributed by atoms with van der Waals surface area (Å²) in [4.78, 5) is 18.4. The highest BCUT2D eigenvalue weighted by atomic mass is 16.2. The van der Waals surface area contributed by atoms with E-state index in [1.165, 1.54) is 19.3 Å². The van der Waals surface area contributed by atoms with Gasteiger partial charge in [-0.15, -0.1) is 0 Å². The van der Waals surface area contributed by atoms with E-state index >= 15 is 0 Å². The lowest BCUT2D eigenvalue weighted by atomic mass is 10.1. The second kappa shape index (κ2) is 4.02. The maximum atomic E-state index is 12.1. The molecule has 90 valence electrons. The number of piperidine rings is 1. The first-order chi connectivity index (χ1) is 8.22. The second-order valence-corrected chi connectivity index (χ2v) is 5.14. The number of likely N-dealkylation sites (tertiary alicyclic amines) is 1. The fourth-order valence-corrected chi connectivity index (χ4v) is 3.03. The van der Waals surface area contributed by atoms with E-state index in [1.54, 1.807) is 12.3 Å². The zero-order valence-electron chi connectivity index (χ0n) is 9.80. The average Bonchev–Trinajstić information content (AvgIpc) is 2.94. The summed E-state index contributed by atoms with van der Waals surface area (Å²) in [6.07, 6.45) is 5.71. The van der Waals surface area contributed by atoms with Gasteiger partial charge in [0.2, 0.25) is 5.91 Å². The molecule has 1 aliphatic heterocycles. The Bertz CT molecular complexity index is 429. The molecule has 1 aromatic rings. The standard InChI is InChI=1S/C13H17N3O/c14-10-2-3-11(15-7-10)6-13(17)16-8-9-1-4-12(16)5-9/h2-3,7,9,12H,1,4-6,8,14H2. The van der Waals surface area contributed by atoms with Gasteiger partial charge in [0.1, 0.15) is 0 Å². The molecule has 2 unspecified atom stereocenters. The fraction of sp³-hybridized carbons (Fsp3) is 0.538. The first-order valence-electron chi connectivity index (χ1n) is 6.22. The third-order valence-electron chi connectivity index (χ3n) is 3.91. The molecule has 2 heterocycles. The predicted octanol–water partition coefficient (Wildman–Crippen LogP) is 1.22. The Hall–Kier alpha value is -1.58. The van der Waals surface area contributed by atoms with Gasteiger partial charge in [-0.1, -0.05) is 0 Å². The molecule has 2 N–H and O–H groups in total. The van der Waals surface area contributed by atoms with Crippen molar-refractivity contribution in [3.8, 4) is 0 Å². The Labute approximate surface area is 101 Å². The summed E-state index contributed by atoms with van der Waals surface area (Å²) >= 11 is 0. The molecule has 2 atom stereocenters. The van der Waals surface area contributed by atoms with E-state index in [0.717, 1.165) is 18.2 Å². The van der Waals surface area contributed by atoms with Gasteiger partial charge < -0.3 is 10.6 Å². The van der Waals surface area contributed by atoms with Crippen molar-refractivity contribution in [3.63, 3.8) is 0 Å². The van der Waals surface area contributed by atoms with Crippen LogP contribution in [-0.2, 0) is 11.2 Å². The van der Waals surface area contributed by atoms with Crippen LogP contribution < -0.4 is 5.73 Å². The first kappa shape index (κ1) is 10.6. The van der Waals surface area contributed by atoms with Crippen molar-refractivity contribution in [1.29, 1.82) is 0 Å². The Morgan fingerprint density at radius 3 is 2.94 bits per heavy atom. The predicted molar refractivity (Wildman–Crippen MR) is 65.2 cm³/mol. The lowest BCUT2D eigenvalue weighted by Crippen LogP contribution is -2.38. The highest BCUT2D eigenvalue weighted by Crippen LogP contribution is 2.37. The highest BCUT2D eigenvalue weighted by Gasteiger charge is 2.39. The van der Waals surface area contributed by atoms with Crippen LogP contribution in [0.5, 0.6) is 0 Å². The molecule has 1 saturated carbocycles. The van der Waals surface area contributed by atoms with Crippen molar-refractivity contribution in [3.05, 3.63) is 24.0 Å². The van der Waals surface area contributed by atoms with Gasteiger partial charge in [0.05, 0.1) is 18.3 Å². The van der Waals surface area contributed by atoms with Crippen LogP contribution in [0.4, 0.5) is 5.69 Å². The third-order valence-corrected chi connectivity index (χ3v) is 3.91. The van der Waals surface area contributed by atoms with E-state index in [-0.39, 0.29) is 5.91 Å². The normalized spacial score (nSPS) is 26.5. The van der Waals surface area contributed by atoms with Crippen LogP contribution in [0.15, 0.2) is 18.3 Å². The minimum atomic E-state index is 0.217. The summed E-state index contributed by atoms with van der Waals surface area (Å²) in [5.74, 6) is 0.970. The molecule has 2 fully saturated rings. The molecule has 1 amide bonds. The van der Waals surface area contributed by atoms with Gasteiger partial charge in [-0.05, 0) is 37.3 Å². The van der Waals surface area contributed by atoms with Crippen molar-refractivity contribution < 1.29 is 4.79 Å². The number of nitrogens with zero attached hydrogens (tertiary/aromatic N) is 2. The van der Waals surface area contributed by atoms with Crippen LogP contribution >= 0.6 is 0 Å². The lowest BCUT2D eigenvalue weighted by Gasteiger charge is -2.26. The largest absolute Gasteiger partial charge is 0.397 e. The molecule has 0 aromatic carbocycles. The maximum Gasteiger partial charge on any atom is 0.228 e. The number of nitrogen functional groups attached to an aromatic ring is 1. The van der Waals surface area contributed by atoms with Gasteiger partial charge in [0.25, 0.3) is 0 Å². The molecular formula is C13H17N3O. The quantitative estimate of drug-likeness (QED) is 0.832.